The molecule has 128 valence electrons. The van der Waals surface area contributed by atoms with Gasteiger partial charge in [0.25, 0.3) is 0 Å². The highest BCUT2D eigenvalue weighted by Crippen LogP contribution is 2.34. The molecule has 2 aromatic rings. The van der Waals surface area contributed by atoms with Crippen molar-refractivity contribution in [2.45, 2.75) is 32.1 Å². The molecule has 3 heterocycles. The van der Waals surface area contributed by atoms with Crippen LogP contribution in [-0.4, -0.2) is 40.9 Å². The van der Waals surface area contributed by atoms with E-state index in [0.29, 0.717) is 10.0 Å². The molecule has 1 saturated heterocycles. The van der Waals surface area contributed by atoms with Crippen LogP contribution in [0.2, 0.25) is 10.0 Å². The van der Waals surface area contributed by atoms with Crippen molar-refractivity contribution in [3.8, 4) is 5.69 Å². The molecular weight excluding hydrogens is 343 g/mol. The highest BCUT2D eigenvalue weighted by atomic mass is 35.5. The summed E-state index contributed by atoms with van der Waals surface area (Å²) in [6, 6.07) is 5.69. The maximum Gasteiger partial charge on any atom is 0.133 e. The predicted octanol–water partition coefficient (Wildman–Crippen LogP) is 4.18. The quantitative estimate of drug-likeness (QED) is 0.883. The van der Waals surface area contributed by atoms with Crippen molar-refractivity contribution >= 4 is 29.0 Å². The highest BCUT2D eigenvalue weighted by molar-refractivity contribution is 6.43. The summed E-state index contributed by atoms with van der Waals surface area (Å²) in [4.78, 5) is 2.56. The molecule has 1 fully saturated rings. The second kappa shape index (κ2) is 6.95. The first-order valence-corrected chi connectivity index (χ1v) is 9.51. The van der Waals surface area contributed by atoms with Crippen molar-refractivity contribution in [3.05, 3.63) is 39.5 Å². The zero-order valence-corrected chi connectivity index (χ0v) is 15.2. The van der Waals surface area contributed by atoms with Gasteiger partial charge in [-0.2, -0.15) is 5.10 Å². The van der Waals surface area contributed by atoms with Gasteiger partial charge in [-0.1, -0.05) is 35.7 Å². The number of hydrogen-bond acceptors (Lipinski definition) is 3. The lowest BCUT2D eigenvalue weighted by Crippen LogP contribution is -2.31. The maximum atomic E-state index is 6.41. The number of anilines is 1. The van der Waals surface area contributed by atoms with Gasteiger partial charge in [-0.15, -0.1) is 0 Å². The average Bonchev–Trinajstić information content (AvgIpc) is 3.20. The lowest BCUT2D eigenvalue weighted by molar-refractivity contribution is 0.230. The van der Waals surface area contributed by atoms with E-state index in [2.05, 4.69) is 10.2 Å². The van der Waals surface area contributed by atoms with Crippen LogP contribution in [0.5, 0.6) is 0 Å². The third-order valence-corrected chi connectivity index (χ3v) is 5.82. The number of hydrogen-bond donors (Lipinski definition) is 1. The summed E-state index contributed by atoms with van der Waals surface area (Å²) in [6.07, 6.45) is 6.05. The van der Waals surface area contributed by atoms with Crippen LogP contribution in [0, 0.1) is 0 Å². The number of piperidine rings is 1. The molecule has 6 heteroatoms. The van der Waals surface area contributed by atoms with Crippen LogP contribution < -0.4 is 5.32 Å². The molecule has 0 aliphatic carbocycles. The topological polar surface area (TPSA) is 33.1 Å². The Morgan fingerprint density at radius 2 is 1.96 bits per heavy atom. The average molecular weight is 365 g/mol. The smallest absolute Gasteiger partial charge is 0.133 e. The summed E-state index contributed by atoms with van der Waals surface area (Å²) < 4.78 is 1.93. The van der Waals surface area contributed by atoms with Crippen LogP contribution in [0.4, 0.5) is 5.82 Å². The van der Waals surface area contributed by atoms with Gasteiger partial charge in [-0.3, -0.25) is 0 Å². The first-order valence-electron chi connectivity index (χ1n) is 8.75. The number of likely N-dealkylation sites (tertiary alicyclic amines) is 1. The van der Waals surface area contributed by atoms with Gasteiger partial charge in [0.1, 0.15) is 5.82 Å². The molecule has 4 rings (SSSR count). The normalized spacial score (nSPS) is 17.8. The molecule has 2 aliphatic rings. The molecule has 0 bridgehead atoms. The molecule has 4 nitrogen and oxygen atoms in total. The van der Waals surface area contributed by atoms with E-state index in [-0.39, 0.29) is 0 Å². The largest absolute Gasteiger partial charge is 0.369 e. The third-order valence-electron chi connectivity index (χ3n) is 5.01. The Hall–Kier alpha value is -1.23. The second-order valence-corrected chi connectivity index (χ2v) is 7.37. The fraction of sp³-hybridized carbons (Fsp3) is 0.500. The zero-order chi connectivity index (χ0) is 16.5. The number of fused-ring (bicyclic) bond motifs is 1. The van der Waals surface area contributed by atoms with E-state index in [0.717, 1.165) is 37.4 Å². The van der Waals surface area contributed by atoms with Crippen molar-refractivity contribution in [1.29, 1.82) is 0 Å². The monoisotopic (exact) mass is 364 g/mol. The first-order chi connectivity index (χ1) is 11.7. The molecule has 0 atom stereocenters. The van der Waals surface area contributed by atoms with Gasteiger partial charge in [-0.05, 0) is 44.5 Å². The SMILES string of the molecule is Clc1cccc(-n2nc(CCN3CCCCC3)c3c2NCC3)c1Cl. The first kappa shape index (κ1) is 16.2. The maximum absolute atomic E-state index is 6.41. The van der Waals surface area contributed by atoms with E-state index in [4.69, 9.17) is 28.3 Å². The molecule has 0 spiro atoms. The molecule has 0 radical (unpaired) electrons. The molecule has 0 saturated carbocycles. The third kappa shape index (κ3) is 3.03. The molecule has 2 aliphatic heterocycles. The summed E-state index contributed by atoms with van der Waals surface area (Å²) in [7, 11) is 0. The van der Waals surface area contributed by atoms with E-state index in [9.17, 15) is 0 Å². The number of rotatable bonds is 4. The zero-order valence-electron chi connectivity index (χ0n) is 13.7. The Kier molecular flexibility index (Phi) is 4.70. The van der Waals surface area contributed by atoms with Gasteiger partial charge in [0.15, 0.2) is 0 Å². The Morgan fingerprint density at radius 3 is 2.79 bits per heavy atom. The van der Waals surface area contributed by atoms with Crippen molar-refractivity contribution in [1.82, 2.24) is 14.7 Å². The van der Waals surface area contributed by atoms with Gasteiger partial charge in [0.2, 0.25) is 0 Å². The fourth-order valence-electron chi connectivity index (χ4n) is 3.72. The van der Waals surface area contributed by atoms with E-state index in [1.165, 1.54) is 43.6 Å². The van der Waals surface area contributed by atoms with Crippen molar-refractivity contribution < 1.29 is 0 Å². The standard InChI is InChI=1S/C18H22Cl2N4/c19-14-5-4-6-16(17(14)20)24-18-13(7-9-21-18)15(22-24)8-12-23-10-2-1-3-11-23/h4-6,21H,1-3,7-12H2. The van der Waals surface area contributed by atoms with Crippen molar-refractivity contribution in [2.75, 3.05) is 31.5 Å². The fourth-order valence-corrected chi connectivity index (χ4v) is 4.10. The lowest BCUT2D eigenvalue weighted by Gasteiger charge is -2.26. The molecule has 0 unspecified atom stereocenters. The van der Waals surface area contributed by atoms with Gasteiger partial charge < -0.3 is 10.2 Å². The van der Waals surface area contributed by atoms with Crippen LogP contribution in [0.25, 0.3) is 5.69 Å². The molecule has 24 heavy (non-hydrogen) atoms. The van der Waals surface area contributed by atoms with Crippen LogP contribution in [0.15, 0.2) is 18.2 Å². The van der Waals surface area contributed by atoms with E-state index >= 15 is 0 Å². The Bertz CT molecular complexity index is 735. The van der Waals surface area contributed by atoms with Crippen LogP contribution in [0.1, 0.15) is 30.5 Å². The van der Waals surface area contributed by atoms with E-state index in [1.54, 1.807) is 0 Å². The summed E-state index contributed by atoms with van der Waals surface area (Å²) in [5, 5.41) is 9.45. The molecule has 1 N–H and O–H groups in total. The minimum Gasteiger partial charge on any atom is -0.369 e. The minimum absolute atomic E-state index is 0.556. The van der Waals surface area contributed by atoms with E-state index < -0.39 is 0 Å². The molecule has 1 aromatic heterocycles. The molecular formula is C18H22Cl2N4. The minimum atomic E-state index is 0.556. The number of nitrogens with zero attached hydrogens (tertiary/aromatic N) is 3. The lowest BCUT2D eigenvalue weighted by atomic mass is 10.1. The van der Waals surface area contributed by atoms with E-state index in [1.807, 2.05) is 22.9 Å². The van der Waals surface area contributed by atoms with Gasteiger partial charge >= 0.3 is 0 Å². The number of nitrogens with one attached hydrogen (secondary N) is 1. The highest BCUT2D eigenvalue weighted by Gasteiger charge is 2.24. The summed E-state index contributed by atoms with van der Waals surface area (Å²) in [5.74, 6) is 1.08. The number of aromatic nitrogens is 2. The molecule has 0 amide bonds. The number of benzene rings is 1. The van der Waals surface area contributed by atoms with Crippen LogP contribution in [0.3, 0.4) is 0 Å². The Labute approximate surface area is 152 Å². The van der Waals surface area contributed by atoms with Gasteiger partial charge in [0, 0.05) is 25.1 Å². The Balaban J connectivity index is 1.61. The van der Waals surface area contributed by atoms with Crippen LogP contribution in [-0.2, 0) is 12.8 Å². The van der Waals surface area contributed by atoms with Crippen LogP contribution >= 0.6 is 23.2 Å². The second-order valence-electron chi connectivity index (χ2n) is 6.59. The Morgan fingerprint density at radius 1 is 1.12 bits per heavy atom. The summed E-state index contributed by atoms with van der Waals surface area (Å²) in [6.45, 7) is 4.50. The van der Waals surface area contributed by atoms with Crippen molar-refractivity contribution in [3.63, 3.8) is 0 Å². The van der Waals surface area contributed by atoms with Gasteiger partial charge in [0.05, 0.1) is 21.4 Å². The van der Waals surface area contributed by atoms with Crippen molar-refractivity contribution in [2.24, 2.45) is 0 Å². The van der Waals surface area contributed by atoms with Gasteiger partial charge in [-0.25, -0.2) is 4.68 Å². The number of halogens is 2. The summed E-state index contributed by atoms with van der Waals surface area (Å²) in [5.41, 5.74) is 3.37. The predicted molar refractivity (Wildman–Crippen MR) is 99.8 cm³/mol. The molecule has 1 aromatic carbocycles. The summed E-state index contributed by atoms with van der Waals surface area (Å²) >= 11 is 12.6.